The van der Waals surface area contributed by atoms with Crippen molar-refractivity contribution in [2.24, 2.45) is 7.05 Å². The van der Waals surface area contributed by atoms with Gasteiger partial charge in [0, 0.05) is 63.6 Å². The first-order chi connectivity index (χ1) is 15.0. The highest BCUT2D eigenvalue weighted by Crippen LogP contribution is 2.27. The Morgan fingerprint density at radius 1 is 1.16 bits per heavy atom. The minimum absolute atomic E-state index is 0.0459. The minimum atomic E-state index is -0.200. The largest absolute Gasteiger partial charge is 0.351 e. The van der Waals surface area contributed by atoms with E-state index in [1.807, 2.05) is 14.1 Å². The highest BCUT2D eigenvalue weighted by Gasteiger charge is 2.31. The lowest BCUT2D eigenvalue weighted by Gasteiger charge is -2.32. The normalized spacial score (nSPS) is 20.8. The molecule has 2 N–H and O–H groups in total. The fourth-order valence-corrected chi connectivity index (χ4v) is 4.51. The zero-order chi connectivity index (χ0) is 22.0. The lowest BCUT2D eigenvalue weighted by molar-refractivity contribution is -0.132. The smallest absolute Gasteiger partial charge is 0.272 e. The first kappa shape index (κ1) is 21.1. The van der Waals surface area contributed by atoms with Crippen molar-refractivity contribution in [3.8, 4) is 0 Å². The molecule has 2 bridgehead atoms. The molecule has 1 aliphatic heterocycles. The van der Waals surface area contributed by atoms with Gasteiger partial charge < -0.3 is 15.1 Å². The molecular weight excluding hydrogens is 398 g/mol. The summed E-state index contributed by atoms with van der Waals surface area (Å²) in [6.45, 7) is 1.41. The Hall–Kier alpha value is -3.17. The molecule has 0 spiro atoms. The van der Waals surface area contributed by atoms with Gasteiger partial charge in [0.15, 0.2) is 5.69 Å². The van der Waals surface area contributed by atoms with Gasteiger partial charge in [-0.15, -0.1) is 0 Å². The third-order valence-electron chi connectivity index (χ3n) is 6.33. The molecule has 2 aliphatic rings. The van der Waals surface area contributed by atoms with E-state index in [2.05, 4.69) is 20.6 Å². The molecule has 4 rings (SSSR count). The van der Waals surface area contributed by atoms with Crippen LogP contribution in [0, 0.1) is 0 Å². The molecule has 166 valence electrons. The lowest BCUT2D eigenvalue weighted by atomic mass is 9.90. The van der Waals surface area contributed by atoms with Crippen molar-refractivity contribution in [3.63, 3.8) is 0 Å². The highest BCUT2D eigenvalue weighted by molar-refractivity contribution is 5.94. The van der Waals surface area contributed by atoms with E-state index in [1.54, 1.807) is 20.7 Å². The zero-order valence-electron chi connectivity index (χ0n) is 18.1. The van der Waals surface area contributed by atoms with Gasteiger partial charge in [0.05, 0.1) is 11.8 Å². The van der Waals surface area contributed by atoms with Crippen molar-refractivity contribution in [3.05, 3.63) is 34.9 Å². The van der Waals surface area contributed by atoms with Crippen LogP contribution in [0.3, 0.4) is 0 Å². The Balaban J connectivity index is 1.55. The molecule has 0 saturated heterocycles. The fourth-order valence-electron chi connectivity index (χ4n) is 4.51. The summed E-state index contributed by atoms with van der Waals surface area (Å²) < 4.78 is 1.79. The van der Waals surface area contributed by atoms with Gasteiger partial charge >= 0.3 is 0 Å². The molecule has 0 radical (unpaired) electrons. The maximum absolute atomic E-state index is 12.8. The molecule has 2 aromatic rings. The lowest BCUT2D eigenvalue weighted by Crippen LogP contribution is -2.41. The number of aromatic amines is 1. The van der Waals surface area contributed by atoms with Gasteiger partial charge in [-0.25, -0.2) is 0 Å². The first-order valence-corrected chi connectivity index (χ1v) is 10.8. The molecule has 3 heterocycles. The molecule has 10 nitrogen and oxygen atoms in total. The number of rotatable bonds is 1. The second-order valence-corrected chi connectivity index (χ2v) is 8.29. The minimum Gasteiger partial charge on any atom is -0.351 e. The van der Waals surface area contributed by atoms with Gasteiger partial charge in [0.2, 0.25) is 5.91 Å². The van der Waals surface area contributed by atoms with Crippen LogP contribution in [0.25, 0.3) is 0 Å². The summed E-state index contributed by atoms with van der Waals surface area (Å²) in [6.07, 6.45) is 6.93. The van der Waals surface area contributed by atoms with E-state index in [9.17, 15) is 14.4 Å². The molecule has 0 aromatic carbocycles. The number of fused-ring (bicyclic) bond motifs is 1. The van der Waals surface area contributed by atoms with E-state index in [0.29, 0.717) is 56.6 Å². The Bertz CT molecular complexity index is 966. The summed E-state index contributed by atoms with van der Waals surface area (Å²) in [6, 6.07) is 0.0459. The number of carbonyl (C=O) groups excluding carboxylic acids is 3. The van der Waals surface area contributed by atoms with Gasteiger partial charge in [-0.2, -0.15) is 10.2 Å². The monoisotopic (exact) mass is 427 g/mol. The maximum Gasteiger partial charge on any atom is 0.272 e. The molecule has 3 amide bonds. The second kappa shape index (κ2) is 8.91. The zero-order valence-corrected chi connectivity index (χ0v) is 18.1. The number of aryl methyl sites for hydroxylation is 1. The summed E-state index contributed by atoms with van der Waals surface area (Å²) in [5, 5.41) is 13.9. The molecule has 2 aromatic heterocycles. The van der Waals surface area contributed by atoms with Gasteiger partial charge in [-0.05, 0) is 32.1 Å². The number of nitrogens with zero attached hydrogens (tertiary/aromatic N) is 5. The number of hydrogen-bond acceptors (Lipinski definition) is 5. The predicted octanol–water partition coefficient (Wildman–Crippen LogP) is 0.515. The first-order valence-electron chi connectivity index (χ1n) is 10.8. The van der Waals surface area contributed by atoms with Gasteiger partial charge in [0.25, 0.3) is 11.8 Å². The number of amides is 3. The van der Waals surface area contributed by atoms with Crippen LogP contribution >= 0.6 is 0 Å². The molecule has 0 saturated carbocycles. The van der Waals surface area contributed by atoms with Crippen LogP contribution in [-0.4, -0.2) is 80.2 Å². The van der Waals surface area contributed by atoms with Crippen LogP contribution in [-0.2, 0) is 24.7 Å². The molecule has 10 heteroatoms. The van der Waals surface area contributed by atoms with Crippen LogP contribution in [0.2, 0.25) is 0 Å². The van der Waals surface area contributed by atoms with Crippen molar-refractivity contribution in [1.29, 1.82) is 0 Å². The molecule has 1 unspecified atom stereocenters. The molecule has 31 heavy (non-hydrogen) atoms. The summed E-state index contributed by atoms with van der Waals surface area (Å²) in [5.74, 6) is -0.263. The van der Waals surface area contributed by atoms with E-state index in [0.717, 1.165) is 24.1 Å². The van der Waals surface area contributed by atoms with Gasteiger partial charge in [0.1, 0.15) is 0 Å². The number of H-pyrrole nitrogens is 1. The number of hydrogen-bond donors (Lipinski definition) is 2. The number of aromatic nitrogens is 4. The average molecular weight is 428 g/mol. The van der Waals surface area contributed by atoms with Crippen molar-refractivity contribution in [2.45, 2.75) is 44.6 Å². The van der Waals surface area contributed by atoms with E-state index in [4.69, 9.17) is 0 Å². The average Bonchev–Trinajstić information content (AvgIpc) is 3.42. The summed E-state index contributed by atoms with van der Waals surface area (Å²) >= 11 is 0. The maximum atomic E-state index is 12.8. The standard InChI is InChI=1S/C21H29N7O3/c1-26-15-6-7-17-16(11-15)19(25-27(17)2)20(30)22-8-4-10-28(9-3-5-18(26)29)21(31)14-12-23-24-13-14/h12-13,15H,3-11H2,1-2H3,(H,22,30)(H,23,24). The molecule has 1 aliphatic carbocycles. The van der Waals surface area contributed by atoms with E-state index < -0.39 is 0 Å². The van der Waals surface area contributed by atoms with Crippen molar-refractivity contribution >= 4 is 17.7 Å². The van der Waals surface area contributed by atoms with Crippen LogP contribution < -0.4 is 5.32 Å². The van der Waals surface area contributed by atoms with E-state index >= 15 is 0 Å². The number of likely N-dealkylation sites (N-methyl/N-ethyl adjacent to an activating group) is 1. The molecular formula is C21H29N7O3. The SMILES string of the molecule is CN1C(=O)CCCN(C(=O)c2cn[nH]c2)CCCNC(=O)c2nn(C)c3c2CC1CC3. The van der Waals surface area contributed by atoms with Gasteiger partial charge in [-0.3, -0.25) is 24.2 Å². The third-order valence-corrected chi connectivity index (χ3v) is 6.33. The summed E-state index contributed by atoms with van der Waals surface area (Å²) in [4.78, 5) is 42.0. The molecule has 1 atom stereocenters. The Morgan fingerprint density at radius 2 is 1.97 bits per heavy atom. The summed E-state index contributed by atoms with van der Waals surface area (Å²) in [5.41, 5.74) is 2.96. The number of nitrogens with one attached hydrogen (secondary N) is 2. The Labute approximate surface area is 181 Å². The second-order valence-electron chi connectivity index (χ2n) is 8.29. The fraction of sp³-hybridized carbons (Fsp3) is 0.571. The predicted molar refractivity (Wildman–Crippen MR) is 112 cm³/mol. The third kappa shape index (κ3) is 4.33. The Morgan fingerprint density at radius 3 is 2.74 bits per heavy atom. The van der Waals surface area contributed by atoms with Crippen molar-refractivity contribution < 1.29 is 14.4 Å². The van der Waals surface area contributed by atoms with Crippen LogP contribution in [0.5, 0.6) is 0 Å². The van der Waals surface area contributed by atoms with E-state index in [-0.39, 0.29) is 23.8 Å². The van der Waals surface area contributed by atoms with Crippen molar-refractivity contribution in [1.82, 2.24) is 35.1 Å². The van der Waals surface area contributed by atoms with Crippen LogP contribution in [0.15, 0.2) is 12.4 Å². The quantitative estimate of drug-likeness (QED) is 0.688. The van der Waals surface area contributed by atoms with Crippen LogP contribution in [0.4, 0.5) is 0 Å². The Kier molecular flexibility index (Phi) is 6.06. The van der Waals surface area contributed by atoms with Crippen LogP contribution in [0.1, 0.15) is 57.8 Å². The highest BCUT2D eigenvalue weighted by atomic mass is 16.2. The topological polar surface area (TPSA) is 116 Å². The van der Waals surface area contributed by atoms with Crippen molar-refractivity contribution in [2.75, 3.05) is 26.7 Å². The summed E-state index contributed by atoms with van der Waals surface area (Å²) in [7, 11) is 3.70. The van der Waals surface area contributed by atoms with Gasteiger partial charge in [-0.1, -0.05) is 0 Å². The van der Waals surface area contributed by atoms with E-state index in [1.165, 1.54) is 6.20 Å². The number of carbonyl (C=O) groups is 3. The molecule has 0 fully saturated rings.